The van der Waals surface area contributed by atoms with Crippen LogP contribution in [0.5, 0.6) is 28.7 Å². The van der Waals surface area contributed by atoms with Gasteiger partial charge in [-0.15, -0.1) is 0 Å². The summed E-state index contributed by atoms with van der Waals surface area (Å²) in [5.74, 6) is -2.40. The predicted octanol–water partition coefficient (Wildman–Crippen LogP) is 8.81. The zero-order valence-corrected chi connectivity index (χ0v) is 35.3. The van der Waals surface area contributed by atoms with Crippen LogP contribution < -0.4 is 28.7 Å². The number of fused-ring (bicyclic) bond motifs is 4. The van der Waals surface area contributed by atoms with E-state index in [1.54, 1.807) is 70.9 Å². The number of nitrogens with zero attached hydrogens (tertiary/aromatic N) is 2. The Bertz CT molecular complexity index is 2720. The summed E-state index contributed by atoms with van der Waals surface area (Å²) in [4.78, 5) is 60.6. The molecule has 2 saturated heterocycles. The molecule has 9 rings (SSSR count). The van der Waals surface area contributed by atoms with Gasteiger partial charge in [-0.25, -0.2) is 0 Å². The van der Waals surface area contributed by atoms with Gasteiger partial charge in [0.2, 0.25) is 23.6 Å². The smallest absolute Gasteiger partial charge is 0.238 e. The quantitative estimate of drug-likeness (QED) is 0.0788. The number of carbonyl (C=O) groups is 4. The van der Waals surface area contributed by atoms with E-state index in [1.165, 1.54) is 9.80 Å². The van der Waals surface area contributed by atoms with Crippen molar-refractivity contribution >= 4 is 59.3 Å². The van der Waals surface area contributed by atoms with E-state index in [0.29, 0.717) is 46.4 Å². The summed E-state index contributed by atoms with van der Waals surface area (Å²) in [6.45, 7) is 0. The lowest BCUT2D eigenvalue weighted by atomic mass is 9.57. The fraction of sp³-hybridized carbons (Fsp3) is 0.231. The van der Waals surface area contributed by atoms with Crippen LogP contribution in [0.25, 0.3) is 24.3 Å². The van der Waals surface area contributed by atoms with Gasteiger partial charge in [0.15, 0.2) is 0 Å². The molecule has 4 amide bonds. The maximum Gasteiger partial charge on any atom is 0.238 e. The second kappa shape index (κ2) is 16.8. The van der Waals surface area contributed by atoms with Gasteiger partial charge in [0.05, 0.1) is 63.5 Å². The Hall–Kier alpha value is -7.40. The molecule has 2 aliphatic heterocycles. The summed E-state index contributed by atoms with van der Waals surface area (Å²) >= 11 is 0. The fourth-order valence-electron chi connectivity index (χ4n) is 9.97. The number of ether oxygens (including phenoxy) is 4. The first kappa shape index (κ1) is 41.0. The maximum absolute atomic E-state index is 14.6. The molecule has 4 aliphatic rings. The third kappa shape index (κ3) is 7.33. The van der Waals surface area contributed by atoms with Gasteiger partial charge in [0.25, 0.3) is 0 Å². The number of hydrogen-bond acceptors (Lipinski definition) is 9. The lowest BCUT2D eigenvalue weighted by Gasteiger charge is -2.44. The first-order valence-corrected chi connectivity index (χ1v) is 20.9. The summed E-state index contributed by atoms with van der Waals surface area (Å²) in [6, 6.07) is 32.3. The maximum atomic E-state index is 14.6. The summed E-state index contributed by atoms with van der Waals surface area (Å²) in [7, 11) is 6.42. The van der Waals surface area contributed by atoms with Crippen LogP contribution in [0.3, 0.4) is 0 Å². The van der Waals surface area contributed by atoms with Crippen LogP contribution >= 0.6 is 0 Å². The first-order chi connectivity index (χ1) is 30.6. The van der Waals surface area contributed by atoms with Gasteiger partial charge in [-0.05, 0) is 108 Å². The Morgan fingerprint density at radius 3 is 1.57 bits per heavy atom. The Morgan fingerprint density at radius 1 is 0.540 bits per heavy atom. The van der Waals surface area contributed by atoms with Crippen LogP contribution in [0.4, 0.5) is 11.4 Å². The highest BCUT2D eigenvalue weighted by Gasteiger charge is 2.62. The Balaban J connectivity index is 0.990. The minimum absolute atomic E-state index is 0.0310. The summed E-state index contributed by atoms with van der Waals surface area (Å²) in [5.41, 5.74) is 5.80. The van der Waals surface area contributed by atoms with E-state index in [2.05, 4.69) is 0 Å². The fourth-order valence-corrected chi connectivity index (χ4v) is 9.97. The van der Waals surface area contributed by atoms with E-state index in [0.717, 1.165) is 27.8 Å². The molecular formula is C52H46N2O9. The first-order valence-electron chi connectivity index (χ1n) is 20.9. The highest BCUT2D eigenvalue weighted by Crippen LogP contribution is 2.58. The van der Waals surface area contributed by atoms with Crippen LogP contribution in [0, 0.1) is 29.6 Å². The Labute approximate surface area is 365 Å². The molecule has 5 aromatic carbocycles. The summed E-state index contributed by atoms with van der Waals surface area (Å²) in [5, 5.41) is 10.6. The zero-order valence-electron chi connectivity index (χ0n) is 35.3. The van der Waals surface area contributed by atoms with E-state index in [9.17, 15) is 24.3 Å². The largest absolute Gasteiger partial charge is 0.508 e. The molecule has 3 fully saturated rings. The number of rotatable bonds is 11. The average Bonchev–Trinajstić information content (AvgIpc) is 3.72. The van der Waals surface area contributed by atoms with Crippen LogP contribution in [-0.4, -0.2) is 57.2 Å². The Morgan fingerprint density at radius 2 is 1.06 bits per heavy atom. The zero-order chi connectivity index (χ0) is 43.9. The van der Waals surface area contributed by atoms with Crippen LogP contribution in [0.2, 0.25) is 0 Å². The van der Waals surface area contributed by atoms with E-state index in [1.807, 2.05) is 97.1 Å². The third-order valence-electron chi connectivity index (χ3n) is 13.0. The number of allylic oxidation sites excluding steroid dienone is 2. The number of aromatic hydroxyl groups is 1. The molecule has 1 N–H and O–H groups in total. The molecule has 6 unspecified atom stereocenters. The van der Waals surface area contributed by atoms with Gasteiger partial charge in [-0.1, -0.05) is 72.4 Å². The molecule has 2 heterocycles. The summed E-state index contributed by atoms with van der Waals surface area (Å²) < 4.78 is 21.8. The minimum atomic E-state index is -0.765. The van der Waals surface area contributed by atoms with Crippen molar-refractivity contribution in [3.8, 4) is 28.7 Å². The molecule has 0 radical (unpaired) electrons. The SMILES string of the molecule is COc1ccc(OC)c(C=Cc2ccc(N3C(=O)C4CC=C5C(CC6C(=O)N(c7ccc(C=Cc8cc(OC)ccc8OC)cc7)C(=O)C6C5c5cccc(O)c5)C4C3=O)cc2)c1. The molecule has 318 valence electrons. The van der Waals surface area contributed by atoms with Gasteiger partial charge in [-0.3, -0.25) is 29.0 Å². The number of imide groups is 2. The normalized spacial score (nSPS) is 22.9. The van der Waals surface area contributed by atoms with Gasteiger partial charge in [0, 0.05) is 17.0 Å². The van der Waals surface area contributed by atoms with Gasteiger partial charge >= 0.3 is 0 Å². The van der Waals surface area contributed by atoms with Gasteiger partial charge < -0.3 is 24.1 Å². The number of carbonyl (C=O) groups excluding carboxylic acids is 4. The number of methoxy groups -OCH3 is 4. The van der Waals surface area contributed by atoms with Gasteiger partial charge in [0.1, 0.15) is 28.7 Å². The monoisotopic (exact) mass is 842 g/mol. The van der Waals surface area contributed by atoms with Crippen molar-refractivity contribution in [3.63, 3.8) is 0 Å². The van der Waals surface area contributed by atoms with E-state index in [4.69, 9.17) is 18.9 Å². The van der Waals surface area contributed by atoms with Crippen molar-refractivity contribution in [2.75, 3.05) is 38.2 Å². The van der Waals surface area contributed by atoms with Crippen LogP contribution in [0.1, 0.15) is 46.6 Å². The highest BCUT2D eigenvalue weighted by molar-refractivity contribution is 6.24. The topological polar surface area (TPSA) is 132 Å². The molecule has 0 bridgehead atoms. The molecule has 2 aliphatic carbocycles. The number of phenolic OH excluding ortho intramolecular Hbond substituents is 1. The van der Waals surface area contributed by atoms with E-state index < -0.39 is 35.5 Å². The lowest BCUT2D eigenvalue weighted by Crippen LogP contribution is -2.43. The number of phenols is 1. The standard InChI is InChI=1S/C52H46N2O9/c1-60-38-20-24-44(62-3)32(27-38)14-8-30-10-16-35(17-11-30)53-49(56)41-23-22-40-42(47(41)51(53)58)29-43-48(46(40)34-6-5-7-37(55)26-34)52(59)54(50(43)57)36-18-12-31(13-19-36)9-15-33-28-39(61-2)21-25-45(33)63-4/h5-22,24-28,41-43,46-48,55H,23,29H2,1-4H3. The molecule has 0 spiro atoms. The lowest BCUT2D eigenvalue weighted by molar-refractivity contribution is -0.126. The number of hydrogen-bond donors (Lipinski definition) is 1. The molecule has 5 aromatic rings. The molecule has 1 saturated carbocycles. The molecule has 11 nitrogen and oxygen atoms in total. The number of amides is 4. The second-order valence-corrected chi connectivity index (χ2v) is 16.2. The van der Waals surface area contributed by atoms with Crippen molar-refractivity contribution in [3.05, 3.63) is 149 Å². The van der Waals surface area contributed by atoms with Crippen LogP contribution in [0.15, 0.2) is 121 Å². The highest BCUT2D eigenvalue weighted by atomic mass is 16.5. The molecule has 63 heavy (non-hydrogen) atoms. The Kier molecular flexibility index (Phi) is 10.9. The average molecular weight is 843 g/mol. The third-order valence-corrected chi connectivity index (χ3v) is 13.0. The van der Waals surface area contributed by atoms with Crippen molar-refractivity contribution < 1.29 is 43.2 Å². The number of anilines is 2. The number of benzene rings is 5. The minimum Gasteiger partial charge on any atom is -0.508 e. The van der Waals surface area contributed by atoms with Crippen molar-refractivity contribution in [2.45, 2.75) is 18.8 Å². The van der Waals surface area contributed by atoms with E-state index >= 15 is 0 Å². The van der Waals surface area contributed by atoms with E-state index in [-0.39, 0.29) is 35.8 Å². The van der Waals surface area contributed by atoms with Crippen molar-refractivity contribution in [1.82, 2.24) is 0 Å². The second-order valence-electron chi connectivity index (χ2n) is 16.2. The molecular weight excluding hydrogens is 797 g/mol. The molecule has 0 aromatic heterocycles. The summed E-state index contributed by atoms with van der Waals surface area (Å²) in [6.07, 6.45) is 10.2. The predicted molar refractivity (Wildman–Crippen MR) is 240 cm³/mol. The molecule has 6 atom stereocenters. The van der Waals surface area contributed by atoms with Crippen molar-refractivity contribution in [1.29, 1.82) is 0 Å². The van der Waals surface area contributed by atoms with Gasteiger partial charge in [-0.2, -0.15) is 0 Å². The van der Waals surface area contributed by atoms with Crippen LogP contribution in [-0.2, 0) is 19.2 Å². The molecule has 11 heteroatoms. The van der Waals surface area contributed by atoms with Crippen molar-refractivity contribution in [2.24, 2.45) is 29.6 Å².